The zero-order chi connectivity index (χ0) is 17.3. The fourth-order valence-corrected chi connectivity index (χ4v) is 12.7. The molecule has 126 valence electrons. The number of hydrogen-bond donors (Lipinski definition) is 0. The summed E-state index contributed by atoms with van der Waals surface area (Å²) in [7, 11) is 0. The third-order valence-electron chi connectivity index (χ3n) is 4.23. The number of rotatable bonds is 6. The van der Waals surface area contributed by atoms with E-state index in [-0.39, 0.29) is 0 Å². The fourth-order valence-electron chi connectivity index (χ4n) is 2.48. The van der Waals surface area contributed by atoms with E-state index in [9.17, 15) is 0 Å². The van der Waals surface area contributed by atoms with E-state index in [2.05, 4.69) is 67.0 Å². The monoisotopic (exact) mass is 466 g/mol. The van der Waals surface area contributed by atoms with Crippen LogP contribution in [0.15, 0.2) is 0 Å². The van der Waals surface area contributed by atoms with Crippen LogP contribution in [0.1, 0.15) is 33.4 Å². The molecule has 0 aromatic heterocycles. The van der Waals surface area contributed by atoms with Gasteiger partial charge in [-0.1, -0.05) is 0 Å². The topological polar surface area (TPSA) is 0 Å². The Morgan fingerprint density at radius 1 is 0.545 bits per heavy atom. The van der Waals surface area contributed by atoms with Crippen molar-refractivity contribution in [2.24, 2.45) is 0 Å². The Morgan fingerprint density at radius 2 is 0.773 bits per heavy atom. The van der Waals surface area contributed by atoms with Crippen molar-refractivity contribution in [2.45, 2.75) is 77.6 Å². The van der Waals surface area contributed by atoms with Gasteiger partial charge in [-0.3, -0.25) is 0 Å². The molecule has 0 aliphatic heterocycles. The van der Waals surface area contributed by atoms with Gasteiger partial charge in [0, 0.05) is 0 Å². The molecular weight excluding hydrogens is 430 g/mol. The summed E-state index contributed by atoms with van der Waals surface area (Å²) >= 11 is 1.62. The number of benzene rings is 1. The van der Waals surface area contributed by atoms with E-state index < -0.39 is 13.4 Å². The van der Waals surface area contributed by atoms with Crippen LogP contribution in [0.25, 0.3) is 0 Å². The zero-order valence-corrected chi connectivity index (χ0v) is 21.7. The Bertz CT molecular complexity index is 459. The first-order valence-corrected chi connectivity index (χ1v) is 22.6. The van der Waals surface area contributed by atoms with Crippen LogP contribution in [0.5, 0.6) is 0 Å². The molecule has 0 bridgehead atoms. The van der Waals surface area contributed by atoms with E-state index >= 15 is 0 Å². The van der Waals surface area contributed by atoms with Crippen LogP contribution < -0.4 is 0 Å². The molecule has 0 radical (unpaired) electrons. The predicted octanol–water partition coefficient (Wildman–Crippen LogP) is 5.00. The van der Waals surface area contributed by atoms with Crippen molar-refractivity contribution in [3.05, 3.63) is 33.4 Å². The second-order valence-electron chi connectivity index (χ2n) is 8.26. The number of hydrogen-bond acceptors (Lipinski definition) is 0. The Hall–Kier alpha value is 0.693. The van der Waals surface area contributed by atoms with Gasteiger partial charge in [-0.2, -0.15) is 0 Å². The molecule has 0 aliphatic carbocycles. The SMILES string of the molecule is Cc1c(C)c(C[Se][Si](C)(C)C)c(C)c(C)c1C[Se][Si](C)(C)C. The minimum absolute atomic E-state index is 0.811. The van der Waals surface area contributed by atoms with Crippen molar-refractivity contribution in [3.63, 3.8) is 0 Å². The van der Waals surface area contributed by atoms with Gasteiger partial charge in [0.2, 0.25) is 0 Å². The van der Waals surface area contributed by atoms with Crippen LogP contribution in [0.4, 0.5) is 0 Å². The normalized spacial score (nSPS) is 12.8. The van der Waals surface area contributed by atoms with Crippen molar-refractivity contribution in [3.8, 4) is 0 Å². The molecule has 0 aliphatic rings. The molecule has 0 amide bonds. The Kier molecular flexibility index (Phi) is 7.27. The Balaban J connectivity index is 3.15. The van der Waals surface area contributed by atoms with E-state index in [1.165, 1.54) is 10.6 Å². The summed E-state index contributed by atoms with van der Waals surface area (Å²) in [5.74, 6) is 0. The molecule has 0 unspecified atom stereocenters. The van der Waals surface area contributed by atoms with Crippen molar-refractivity contribution >= 4 is 42.0 Å². The molecule has 4 heteroatoms. The average molecular weight is 465 g/mol. The molecule has 0 saturated heterocycles. The third kappa shape index (κ3) is 5.96. The molecule has 0 heterocycles. The molecule has 0 nitrogen and oxygen atoms in total. The first-order valence-electron chi connectivity index (χ1n) is 8.19. The van der Waals surface area contributed by atoms with Crippen molar-refractivity contribution in [1.82, 2.24) is 0 Å². The van der Waals surface area contributed by atoms with Gasteiger partial charge in [0.15, 0.2) is 0 Å². The molecule has 0 saturated carbocycles. The quantitative estimate of drug-likeness (QED) is 0.520. The summed E-state index contributed by atoms with van der Waals surface area (Å²) in [5, 5.41) is 2.70. The molecule has 1 rings (SSSR count). The van der Waals surface area contributed by atoms with Crippen molar-refractivity contribution in [2.75, 3.05) is 0 Å². The molecule has 0 atom stereocenters. The van der Waals surface area contributed by atoms with Gasteiger partial charge in [0.25, 0.3) is 0 Å². The molecule has 0 fully saturated rings. The summed E-state index contributed by atoms with van der Waals surface area (Å²) in [4.78, 5) is 0. The van der Waals surface area contributed by atoms with E-state index in [0.717, 1.165) is 28.6 Å². The maximum atomic E-state index is 2.52. The van der Waals surface area contributed by atoms with Gasteiger partial charge < -0.3 is 0 Å². The summed E-state index contributed by atoms with van der Waals surface area (Å²) in [6.07, 6.45) is 0. The van der Waals surface area contributed by atoms with Gasteiger partial charge in [-0.15, -0.1) is 0 Å². The first kappa shape index (κ1) is 20.7. The molecule has 0 spiro atoms. The molecule has 1 aromatic rings. The molecule has 0 N–H and O–H groups in total. The van der Waals surface area contributed by atoms with Crippen molar-refractivity contribution in [1.29, 1.82) is 0 Å². The van der Waals surface area contributed by atoms with E-state index in [1.54, 1.807) is 33.4 Å². The Morgan fingerprint density at radius 3 is 0.955 bits per heavy atom. The molecule has 22 heavy (non-hydrogen) atoms. The zero-order valence-electron chi connectivity index (χ0n) is 16.2. The third-order valence-corrected chi connectivity index (χ3v) is 20.2. The van der Waals surface area contributed by atoms with Crippen LogP contribution in [0.3, 0.4) is 0 Å². The van der Waals surface area contributed by atoms with Crippen molar-refractivity contribution < 1.29 is 0 Å². The summed E-state index contributed by atoms with van der Waals surface area (Å²) in [5.41, 5.74) is 9.77. The average Bonchev–Trinajstić information content (AvgIpc) is 2.33. The second kappa shape index (κ2) is 7.72. The maximum absolute atomic E-state index is 2.52. The van der Waals surface area contributed by atoms with E-state index in [0.29, 0.717) is 0 Å². The van der Waals surface area contributed by atoms with Gasteiger partial charge in [-0.05, 0) is 0 Å². The van der Waals surface area contributed by atoms with Crippen LogP contribution in [-0.2, 0) is 10.6 Å². The van der Waals surface area contributed by atoms with Gasteiger partial charge in [0.05, 0.1) is 0 Å². The van der Waals surface area contributed by atoms with Gasteiger partial charge in [0.1, 0.15) is 0 Å². The molecule has 1 aromatic carbocycles. The van der Waals surface area contributed by atoms with E-state index in [4.69, 9.17) is 0 Å². The predicted molar refractivity (Wildman–Crippen MR) is 111 cm³/mol. The fraction of sp³-hybridized carbons (Fsp3) is 0.667. The second-order valence-corrected chi connectivity index (χ2v) is 37.5. The minimum atomic E-state index is -0.903. The summed E-state index contributed by atoms with van der Waals surface area (Å²) < 4.78 is 0. The molecular formula is C18H34Se2Si2. The van der Waals surface area contributed by atoms with Crippen LogP contribution in [0, 0.1) is 27.7 Å². The standard InChI is InChI=1S/C18H34Se2Si2/c1-13-14(2)18(12-20-22(8,9)10)16(4)15(3)17(13)11-19-21(5,6)7/h11-12H2,1-10H3. The summed E-state index contributed by atoms with van der Waals surface area (Å²) in [6, 6.07) is 0. The van der Waals surface area contributed by atoms with Crippen LogP contribution >= 0.6 is 0 Å². The van der Waals surface area contributed by atoms with Crippen LogP contribution in [-0.4, -0.2) is 42.0 Å². The Labute approximate surface area is 152 Å². The first-order chi connectivity index (χ1) is 9.83. The van der Waals surface area contributed by atoms with Crippen LogP contribution in [0.2, 0.25) is 39.3 Å². The van der Waals surface area contributed by atoms with Gasteiger partial charge in [-0.25, -0.2) is 0 Å². The van der Waals surface area contributed by atoms with Gasteiger partial charge >= 0.3 is 153 Å². The summed E-state index contributed by atoms with van der Waals surface area (Å²) in [6.45, 7) is 22.8. The van der Waals surface area contributed by atoms with E-state index in [1.807, 2.05) is 0 Å².